The summed E-state index contributed by atoms with van der Waals surface area (Å²) in [5, 5.41) is 5.03. The molecule has 1 fully saturated rings. The van der Waals surface area contributed by atoms with E-state index in [1.807, 2.05) is 22.8 Å². The van der Waals surface area contributed by atoms with Crippen molar-refractivity contribution in [2.24, 2.45) is 0 Å². The van der Waals surface area contributed by atoms with Crippen LogP contribution in [0, 0.1) is 0 Å². The highest BCUT2D eigenvalue weighted by molar-refractivity contribution is 7.14. The summed E-state index contributed by atoms with van der Waals surface area (Å²) in [6, 6.07) is 6.93. The summed E-state index contributed by atoms with van der Waals surface area (Å²) in [7, 11) is 2.75. The molecule has 0 spiro atoms. The molecule has 2 aliphatic carbocycles. The van der Waals surface area contributed by atoms with Gasteiger partial charge in [0.25, 0.3) is 0 Å². The zero-order valence-corrected chi connectivity index (χ0v) is 16.6. The lowest BCUT2D eigenvalue weighted by molar-refractivity contribution is 0.462. The lowest BCUT2D eigenvalue weighted by Gasteiger charge is -2.26. The molecular weight excluding hydrogens is 351 g/mol. The summed E-state index contributed by atoms with van der Waals surface area (Å²) < 4.78 is 2.05. The molecule has 1 atom stereocenters. The van der Waals surface area contributed by atoms with Crippen LogP contribution in [-0.4, -0.2) is 20.3 Å². The molecule has 27 heavy (non-hydrogen) atoms. The molecule has 0 amide bonds. The van der Waals surface area contributed by atoms with E-state index >= 15 is 0 Å². The third-order valence-electron chi connectivity index (χ3n) is 5.92. The molecule has 0 radical (unpaired) electrons. The van der Waals surface area contributed by atoms with E-state index in [2.05, 4.69) is 49.1 Å². The van der Waals surface area contributed by atoms with Crippen LogP contribution in [0.3, 0.4) is 0 Å². The molecule has 1 N–H and O–H groups in total. The molecule has 138 valence electrons. The van der Waals surface area contributed by atoms with Crippen molar-refractivity contribution in [3.05, 3.63) is 53.6 Å². The Morgan fingerprint density at radius 3 is 2.81 bits per heavy atom. The van der Waals surface area contributed by atoms with E-state index in [0.717, 1.165) is 18.5 Å². The molecule has 3 aromatic heterocycles. The highest BCUT2D eigenvalue weighted by Crippen LogP contribution is 2.37. The molecule has 5 rings (SSSR count). The number of allylic oxidation sites excluding steroid dienone is 1. The fourth-order valence-corrected chi connectivity index (χ4v) is 4.87. The molecule has 3 aromatic rings. The van der Waals surface area contributed by atoms with Gasteiger partial charge in [-0.2, -0.15) is 0 Å². The van der Waals surface area contributed by atoms with Crippen molar-refractivity contribution in [2.45, 2.75) is 51.0 Å². The van der Waals surface area contributed by atoms with Gasteiger partial charge in [0.05, 0.1) is 0 Å². The van der Waals surface area contributed by atoms with E-state index in [9.17, 15) is 0 Å². The monoisotopic (exact) mass is 376 g/mol. The quantitative estimate of drug-likeness (QED) is 0.631. The van der Waals surface area contributed by atoms with Crippen molar-refractivity contribution in [1.29, 1.82) is 0 Å². The maximum atomic E-state index is 4.66. The minimum Gasteiger partial charge on any atom is -0.382 e. The van der Waals surface area contributed by atoms with Crippen LogP contribution in [0.5, 0.6) is 0 Å². The van der Waals surface area contributed by atoms with Crippen LogP contribution in [0.2, 0.25) is 0 Å². The van der Waals surface area contributed by atoms with Gasteiger partial charge >= 0.3 is 0 Å². The summed E-state index contributed by atoms with van der Waals surface area (Å²) in [5.74, 6) is 0. The van der Waals surface area contributed by atoms with Gasteiger partial charge in [-0.3, -0.25) is 4.98 Å². The Morgan fingerprint density at radius 1 is 1.04 bits per heavy atom. The minimum atomic E-state index is 0.599. The fraction of sp³-hybridized carbons (Fsp3) is 0.364. The zero-order valence-electron chi connectivity index (χ0n) is 15.5. The van der Waals surface area contributed by atoms with Crippen molar-refractivity contribution in [3.8, 4) is 0 Å². The first-order valence-electron chi connectivity index (χ1n) is 9.96. The molecule has 1 unspecified atom stereocenters. The zero-order chi connectivity index (χ0) is 18.2. The summed E-state index contributed by atoms with van der Waals surface area (Å²) in [5.41, 5.74) is 7.41. The third kappa shape index (κ3) is 3.17. The normalized spacial score (nSPS) is 17.6. The molecule has 0 saturated heterocycles. The van der Waals surface area contributed by atoms with E-state index in [0.29, 0.717) is 6.04 Å². The first-order chi connectivity index (χ1) is 13.3. The van der Waals surface area contributed by atoms with E-state index < -0.39 is 0 Å². The molecule has 0 bridgehead atoms. The predicted molar refractivity (Wildman–Crippen MR) is 116 cm³/mol. The van der Waals surface area contributed by atoms with Crippen LogP contribution in [-0.2, 0) is 6.42 Å². The Balaban J connectivity index is 1.54. The average molecular weight is 376 g/mol. The lowest BCUT2D eigenvalue weighted by Crippen LogP contribution is -2.23. The number of nitrogens with zero attached hydrogens (tertiary/aromatic N) is 3. The Kier molecular flexibility index (Phi) is 4.45. The summed E-state index contributed by atoms with van der Waals surface area (Å²) in [6.07, 6.45) is 17.0. The molecule has 4 nitrogen and oxygen atoms in total. The van der Waals surface area contributed by atoms with Gasteiger partial charge in [-0.25, -0.2) is 4.98 Å². The largest absolute Gasteiger partial charge is 0.382 e. The van der Waals surface area contributed by atoms with Crippen molar-refractivity contribution < 1.29 is 0 Å². The Morgan fingerprint density at radius 2 is 1.93 bits per heavy atom. The number of fused-ring (bicyclic) bond motifs is 2. The Hall–Kier alpha value is -2.19. The Labute approximate surface area is 162 Å². The van der Waals surface area contributed by atoms with E-state index in [1.165, 1.54) is 65.6 Å². The Bertz CT molecular complexity index is 1010. The van der Waals surface area contributed by atoms with Gasteiger partial charge in [-0.1, -0.05) is 19.3 Å². The first-order valence-corrected chi connectivity index (χ1v) is 10.5. The summed E-state index contributed by atoms with van der Waals surface area (Å²) in [6.45, 7) is 0. The smallest absolute Gasteiger partial charge is 0.143 e. The van der Waals surface area contributed by atoms with Crippen LogP contribution >= 0.6 is 9.39 Å². The third-order valence-corrected chi connectivity index (χ3v) is 6.32. The number of nitrogens with one attached hydrogen (secondary N) is 1. The highest BCUT2D eigenvalue weighted by atomic mass is 31.0. The van der Waals surface area contributed by atoms with Crippen molar-refractivity contribution in [3.63, 3.8) is 0 Å². The molecule has 5 heteroatoms. The lowest BCUT2D eigenvalue weighted by atomic mass is 9.90. The van der Waals surface area contributed by atoms with Crippen molar-refractivity contribution >= 4 is 37.8 Å². The van der Waals surface area contributed by atoms with Gasteiger partial charge in [0.15, 0.2) is 0 Å². The number of anilines is 1. The highest BCUT2D eigenvalue weighted by Gasteiger charge is 2.21. The van der Waals surface area contributed by atoms with Gasteiger partial charge in [0.1, 0.15) is 5.65 Å². The fourth-order valence-electron chi connectivity index (χ4n) is 4.52. The molecule has 3 heterocycles. The maximum absolute atomic E-state index is 4.66. The van der Waals surface area contributed by atoms with Crippen LogP contribution in [0.1, 0.15) is 55.3 Å². The summed E-state index contributed by atoms with van der Waals surface area (Å²) >= 11 is 0. The minimum absolute atomic E-state index is 0.599. The topological polar surface area (TPSA) is 42.7 Å². The molecule has 2 aliphatic rings. The van der Waals surface area contributed by atoms with Crippen molar-refractivity contribution in [2.75, 3.05) is 5.32 Å². The first kappa shape index (κ1) is 16.9. The van der Waals surface area contributed by atoms with Crippen LogP contribution < -0.4 is 5.32 Å². The maximum Gasteiger partial charge on any atom is 0.143 e. The predicted octanol–water partition coefficient (Wildman–Crippen LogP) is 5.30. The second-order valence-electron chi connectivity index (χ2n) is 7.69. The van der Waals surface area contributed by atoms with E-state index in [1.54, 1.807) is 0 Å². The second kappa shape index (κ2) is 7.09. The van der Waals surface area contributed by atoms with Gasteiger partial charge in [-0.15, -0.1) is 0 Å². The number of rotatable bonds is 3. The average Bonchev–Trinajstić information content (AvgIpc) is 3.06. The van der Waals surface area contributed by atoms with E-state index in [-0.39, 0.29) is 0 Å². The van der Waals surface area contributed by atoms with Gasteiger partial charge < -0.3 is 9.65 Å². The molecule has 1 saturated carbocycles. The van der Waals surface area contributed by atoms with Crippen LogP contribution in [0.15, 0.2) is 36.8 Å². The number of hydrogen-bond acceptors (Lipinski definition) is 3. The number of pyridine rings is 2. The van der Waals surface area contributed by atoms with Gasteiger partial charge in [0, 0.05) is 52.5 Å². The van der Waals surface area contributed by atoms with Gasteiger partial charge in [-0.05, 0) is 64.9 Å². The van der Waals surface area contributed by atoms with Gasteiger partial charge in [0.2, 0.25) is 0 Å². The summed E-state index contributed by atoms with van der Waals surface area (Å²) in [4.78, 5) is 9.19. The molecule has 0 aliphatic heterocycles. The van der Waals surface area contributed by atoms with Crippen LogP contribution in [0.25, 0.3) is 22.7 Å². The van der Waals surface area contributed by atoms with Crippen LogP contribution in [0.4, 0.5) is 5.69 Å². The SMILES string of the molecule is Pn1cc(C2=Cc3c(NC4CCCCC4)ccnc3CC2)c2cccnc21. The second-order valence-corrected chi connectivity index (χ2v) is 8.25. The molecule has 0 aromatic carbocycles. The number of aromatic nitrogens is 3. The molecular formula is C22H25N4P. The van der Waals surface area contributed by atoms with E-state index in [4.69, 9.17) is 0 Å². The number of aryl methyl sites for hydroxylation is 1. The van der Waals surface area contributed by atoms with Crippen molar-refractivity contribution in [1.82, 2.24) is 14.3 Å². The standard InChI is InChI=1S/C22H25N4P/c27-26-14-19(17-7-4-11-24-22(17)26)15-8-9-20-18(13-15)21(10-12-23-20)25-16-5-2-1-3-6-16/h4,7,10-14,16H,1-3,5-6,8-9,27H2,(H,23,25). The number of hydrogen-bond donors (Lipinski definition) is 1.